The van der Waals surface area contributed by atoms with Gasteiger partial charge in [0.1, 0.15) is 0 Å². The second-order valence-electron chi connectivity index (χ2n) is 5.98. The minimum absolute atomic E-state index is 0.630. The minimum Gasteiger partial charge on any atom is -0.384 e. The van der Waals surface area contributed by atoms with Crippen molar-refractivity contribution in [1.29, 1.82) is 0 Å². The van der Waals surface area contributed by atoms with Crippen LogP contribution < -0.4 is 5.32 Å². The Kier molecular flexibility index (Phi) is 8.13. The van der Waals surface area contributed by atoms with Crippen molar-refractivity contribution in [2.45, 2.75) is 25.7 Å². The number of pyridine rings is 1. The molecule has 1 heterocycles. The van der Waals surface area contributed by atoms with Crippen LogP contribution in [0.5, 0.6) is 0 Å². The number of hydrogen-bond donors (Lipinski definition) is 1. The van der Waals surface area contributed by atoms with E-state index in [1.165, 1.54) is 12.8 Å². The summed E-state index contributed by atoms with van der Waals surface area (Å²) >= 11 is 6.02. The molecule has 130 valence electrons. The van der Waals surface area contributed by atoms with Crippen LogP contribution in [0.2, 0.25) is 5.02 Å². The van der Waals surface area contributed by atoms with E-state index in [-0.39, 0.29) is 0 Å². The van der Waals surface area contributed by atoms with Crippen molar-refractivity contribution in [1.82, 2.24) is 9.88 Å². The molecule has 25 heavy (non-hydrogen) atoms. The number of nitrogens with one attached hydrogen (secondary N) is 1. The summed E-state index contributed by atoms with van der Waals surface area (Å²) < 4.78 is 0. The predicted molar refractivity (Wildman–Crippen MR) is 108 cm³/mol. The number of terminal acetylenes is 2. The van der Waals surface area contributed by atoms with Crippen LogP contribution in [-0.2, 0) is 0 Å². The fourth-order valence-corrected chi connectivity index (χ4v) is 2.95. The highest BCUT2D eigenvalue weighted by Crippen LogP contribution is 2.24. The molecule has 0 saturated carbocycles. The topological polar surface area (TPSA) is 28.2 Å². The molecule has 0 aliphatic rings. The van der Waals surface area contributed by atoms with Crippen LogP contribution in [0, 0.1) is 24.7 Å². The molecule has 0 spiro atoms. The highest BCUT2D eigenvalue weighted by atomic mass is 35.5. The van der Waals surface area contributed by atoms with Crippen LogP contribution in [0.3, 0.4) is 0 Å². The molecule has 0 saturated heterocycles. The van der Waals surface area contributed by atoms with Crippen LogP contribution in [0.25, 0.3) is 10.9 Å². The van der Waals surface area contributed by atoms with E-state index >= 15 is 0 Å². The zero-order valence-electron chi connectivity index (χ0n) is 14.5. The second kappa shape index (κ2) is 10.6. The molecule has 1 N–H and O–H groups in total. The molecule has 0 aliphatic carbocycles. The van der Waals surface area contributed by atoms with Gasteiger partial charge < -0.3 is 5.32 Å². The lowest BCUT2D eigenvalue weighted by Crippen LogP contribution is -2.25. The van der Waals surface area contributed by atoms with E-state index in [1.807, 2.05) is 30.5 Å². The molecule has 0 amide bonds. The first-order valence-corrected chi connectivity index (χ1v) is 9.00. The maximum Gasteiger partial charge on any atom is 0.0737 e. The van der Waals surface area contributed by atoms with Crippen LogP contribution in [0.4, 0.5) is 5.69 Å². The van der Waals surface area contributed by atoms with Crippen molar-refractivity contribution in [3.8, 4) is 24.7 Å². The van der Waals surface area contributed by atoms with Crippen molar-refractivity contribution < 1.29 is 0 Å². The van der Waals surface area contributed by atoms with Gasteiger partial charge in [0.25, 0.3) is 0 Å². The largest absolute Gasteiger partial charge is 0.384 e. The summed E-state index contributed by atoms with van der Waals surface area (Å²) in [6.07, 6.45) is 17.1. The third-order valence-corrected chi connectivity index (χ3v) is 4.29. The van der Waals surface area contributed by atoms with Gasteiger partial charge in [-0.1, -0.05) is 36.3 Å². The van der Waals surface area contributed by atoms with E-state index in [1.54, 1.807) is 0 Å². The maximum absolute atomic E-state index is 6.02. The molecule has 4 heteroatoms. The van der Waals surface area contributed by atoms with E-state index in [4.69, 9.17) is 24.4 Å². The van der Waals surface area contributed by atoms with Crippen LogP contribution >= 0.6 is 11.6 Å². The number of unbranched alkanes of at least 4 members (excludes halogenated alkanes) is 3. The molecule has 1 aromatic carbocycles. The first kappa shape index (κ1) is 19.1. The average molecular weight is 354 g/mol. The average Bonchev–Trinajstić information content (AvgIpc) is 2.61. The van der Waals surface area contributed by atoms with Gasteiger partial charge >= 0.3 is 0 Å². The Bertz CT molecular complexity index is 742. The zero-order valence-corrected chi connectivity index (χ0v) is 15.2. The summed E-state index contributed by atoms with van der Waals surface area (Å²) in [6, 6.07) is 7.81. The van der Waals surface area contributed by atoms with E-state index in [9.17, 15) is 0 Å². The molecular weight excluding hydrogens is 330 g/mol. The van der Waals surface area contributed by atoms with E-state index in [0.717, 1.165) is 42.5 Å². The van der Waals surface area contributed by atoms with Gasteiger partial charge in [0.15, 0.2) is 0 Å². The highest BCUT2D eigenvalue weighted by molar-refractivity contribution is 6.31. The molecule has 0 atom stereocenters. The van der Waals surface area contributed by atoms with Crippen molar-refractivity contribution in [3.63, 3.8) is 0 Å². The lowest BCUT2D eigenvalue weighted by Gasteiger charge is -2.16. The number of halogens is 1. The Morgan fingerprint density at radius 1 is 1.04 bits per heavy atom. The Balaban J connectivity index is 1.69. The molecule has 3 nitrogen and oxygen atoms in total. The van der Waals surface area contributed by atoms with Gasteiger partial charge in [-0.15, -0.1) is 12.8 Å². The first-order chi connectivity index (χ1) is 12.2. The van der Waals surface area contributed by atoms with Crippen LogP contribution in [-0.4, -0.2) is 36.1 Å². The normalized spacial score (nSPS) is 10.6. The molecule has 0 fully saturated rings. The van der Waals surface area contributed by atoms with E-state index < -0.39 is 0 Å². The number of fused-ring (bicyclic) bond motifs is 1. The lowest BCUT2D eigenvalue weighted by atomic mass is 10.1. The lowest BCUT2D eigenvalue weighted by molar-refractivity contribution is 0.334. The molecule has 0 radical (unpaired) electrons. The molecule has 1 aromatic heterocycles. The summed E-state index contributed by atoms with van der Waals surface area (Å²) in [5.74, 6) is 5.31. The highest BCUT2D eigenvalue weighted by Gasteiger charge is 2.03. The van der Waals surface area contributed by atoms with Crippen LogP contribution in [0.15, 0.2) is 30.5 Å². The molecular formula is C21H24ClN3. The Morgan fingerprint density at radius 3 is 2.56 bits per heavy atom. The summed E-state index contributed by atoms with van der Waals surface area (Å²) in [5.41, 5.74) is 2.02. The maximum atomic E-state index is 6.02. The number of rotatable bonds is 10. The van der Waals surface area contributed by atoms with Gasteiger partial charge in [0, 0.05) is 35.4 Å². The first-order valence-electron chi connectivity index (χ1n) is 8.62. The third-order valence-electron chi connectivity index (χ3n) is 4.05. The summed E-state index contributed by atoms with van der Waals surface area (Å²) in [6.45, 7) is 3.17. The van der Waals surface area contributed by atoms with Crippen molar-refractivity contribution in [2.75, 3.05) is 31.5 Å². The SMILES string of the molecule is C#CCN(CC#C)CCCCCCNc1ccnc2cc(Cl)ccc12. The van der Waals surface area contributed by atoms with Crippen molar-refractivity contribution in [3.05, 3.63) is 35.5 Å². The summed E-state index contributed by atoms with van der Waals surface area (Å²) in [7, 11) is 0. The third kappa shape index (κ3) is 6.31. The van der Waals surface area contributed by atoms with Gasteiger partial charge in [0.05, 0.1) is 18.6 Å². The van der Waals surface area contributed by atoms with Gasteiger partial charge in [-0.05, 0) is 37.1 Å². The van der Waals surface area contributed by atoms with Gasteiger partial charge in [-0.3, -0.25) is 9.88 Å². The number of hydrogen-bond acceptors (Lipinski definition) is 3. The fraction of sp³-hybridized carbons (Fsp3) is 0.381. The Morgan fingerprint density at radius 2 is 1.80 bits per heavy atom. The number of benzene rings is 1. The number of anilines is 1. The Labute approximate surface area is 155 Å². The summed E-state index contributed by atoms with van der Waals surface area (Å²) in [5, 5.41) is 5.31. The van der Waals surface area contributed by atoms with E-state index in [2.05, 4.69) is 27.0 Å². The molecule has 2 rings (SSSR count). The molecule has 0 bridgehead atoms. The second-order valence-corrected chi connectivity index (χ2v) is 6.42. The number of aromatic nitrogens is 1. The molecule has 0 aliphatic heterocycles. The van der Waals surface area contributed by atoms with Gasteiger partial charge in [0.2, 0.25) is 0 Å². The van der Waals surface area contributed by atoms with Crippen molar-refractivity contribution in [2.24, 2.45) is 0 Å². The predicted octanol–water partition coefficient (Wildman–Crippen LogP) is 4.43. The standard InChI is InChI=1S/C21H24ClN3/c1-3-14-25(15-4-2)16-8-6-5-7-12-23-20-11-13-24-21-17-18(22)9-10-19(20)21/h1-2,9-11,13,17H,5-8,12,14-16H2,(H,23,24). The monoisotopic (exact) mass is 353 g/mol. The Hall–Kier alpha value is -2.20. The number of nitrogens with zero attached hydrogens (tertiary/aromatic N) is 2. The molecule has 2 aromatic rings. The quantitative estimate of drug-likeness (QED) is 0.506. The van der Waals surface area contributed by atoms with Gasteiger partial charge in [-0.25, -0.2) is 0 Å². The van der Waals surface area contributed by atoms with Gasteiger partial charge in [-0.2, -0.15) is 0 Å². The molecule has 0 unspecified atom stereocenters. The fourth-order valence-electron chi connectivity index (χ4n) is 2.78. The van der Waals surface area contributed by atoms with E-state index in [0.29, 0.717) is 18.1 Å². The van der Waals surface area contributed by atoms with Crippen molar-refractivity contribution >= 4 is 28.2 Å². The summed E-state index contributed by atoms with van der Waals surface area (Å²) in [4.78, 5) is 6.49. The minimum atomic E-state index is 0.630. The smallest absolute Gasteiger partial charge is 0.0737 e. The zero-order chi connectivity index (χ0) is 17.9. The van der Waals surface area contributed by atoms with Crippen LogP contribution in [0.1, 0.15) is 25.7 Å².